The fraction of sp³-hybridized carbons (Fsp3) is 0.182. The number of benzene rings is 3. The molecule has 3 aromatic carbocycles. The standard InChI is InChI=1S/C22H23FN2O4S/c1-28-18-10-6-16(7-11-18)14-25(15-17-8-12-19(29-2)13-9-17)20-4-3-5-21(22(20)23)30(24,26)27/h3-13H,14-15H2,1-2H3,(H2,24,26,27). The summed E-state index contributed by atoms with van der Waals surface area (Å²) in [4.78, 5) is 1.22. The molecule has 6 nitrogen and oxygen atoms in total. The molecular weight excluding hydrogens is 407 g/mol. The molecule has 0 aliphatic carbocycles. The Balaban J connectivity index is 1.99. The summed E-state index contributed by atoms with van der Waals surface area (Å²) in [7, 11) is -1.02. The highest BCUT2D eigenvalue weighted by atomic mass is 32.2. The van der Waals surface area contributed by atoms with Crippen LogP contribution >= 0.6 is 0 Å². The Morgan fingerprint density at radius 3 is 1.70 bits per heavy atom. The van der Waals surface area contributed by atoms with Crippen molar-refractivity contribution in [1.29, 1.82) is 0 Å². The van der Waals surface area contributed by atoms with Crippen molar-refractivity contribution in [2.45, 2.75) is 18.0 Å². The minimum absolute atomic E-state index is 0.146. The molecule has 0 saturated heterocycles. The second kappa shape index (κ2) is 9.15. The lowest BCUT2D eigenvalue weighted by atomic mass is 10.1. The van der Waals surface area contributed by atoms with Gasteiger partial charge in [0.15, 0.2) is 5.82 Å². The summed E-state index contributed by atoms with van der Waals surface area (Å²) in [6, 6.07) is 19.0. The molecule has 0 heterocycles. The van der Waals surface area contributed by atoms with E-state index in [1.807, 2.05) is 48.5 Å². The van der Waals surface area contributed by atoms with Crippen molar-refractivity contribution in [3.05, 3.63) is 83.7 Å². The van der Waals surface area contributed by atoms with E-state index in [1.165, 1.54) is 12.1 Å². The number of anilines is 1. The highest BCUT2D eigenvalue weighted by Crippen LogP contribution is 2.28. The molecule has 0 unspecified atom stereocenters. The molecule has 0 bridgehead atoms. The number of nitrogens with zero attached hydrogens (tertiary/aromatic N) is 1. The van der Waals surface area contributed by atoms with Crippen molar-refractivity contribution in [3.8, 4) is 11.5 Å². The summed E-state index contributed by atoms with van der Waals surface area (Å²) in [6.45, 7) is 0.696. The van der Waals surface area contributed by atoms with Gasteiger partial charge in [-0.25, -0.2) is 17.9 Å². The lowest BCUT2D eigenvalue weighted by Gasteiger charge is -2.26. The van der Waals surface area contributed by atoms with Gasteiger partial charge in [0.2, 0.25) is 10.0 Å². The first-order valence-corrected chi connectivity index (χ1v) is 10.7. The van der Waals surface area contributed by atoms with E-state index in [0.29, 0.717) is 24.6 Å². The third-order valence-electron chi connectivity index (χ3n) is 4.66. The minimum atomic E-state index is -4.19. The van der Waals surface area contributed by atoms with Crippen molar-refractivity contribution >= 4 is 15.7 Å². The van der Waals surface area contributed by atoms with Crippen LogP contribution < -0.4 is 19.5 Å². The maximum atomic E-state index is 15.1. The molecule has 0 spiro atoms. The van der Waals surface area contributed by atoms with Gasteiger partial charge in [-0.2, -0.15) is 0 Å². The fourth-order valence-electron chi connectivity index (χ4n) is 3.09. The van der Waals surface area contributed by atoms with E-state index in [4.69, 9.17) is 14.6 Å². The Labute approximate surface area is 175 Å². The molecule has 0 amide bonds. The Kier molecular flexibility index (Phi) is 6.59. The second-order valence-corrected chi connectivity index (χ2v) is 8.22. The van der Waals surface area contributed by atoms with Crippen LogP contribution in [0.1, 0.15) is 11.1 Å². The zero-order valence-corrected chi connectivity index (χ0v) is 17.5. The molecule has 0 saturated carbocycles. The summed E-state index contributed by atoms with van der Waals surface area (Å²) < 4.78 is 49.0. The smallest absolute Gasteiger partial charge is 0.241 e. The zero-order valence-electron chi connectivity index (χ0n) is 16.7. The summed E-state index contributed by atoms with van der Waals surface area (Å²) in [5.41, 5.74) is 1.96. The normalized spacial score (nSPS) is 11.2. The topological polar surface area (TPSA) is 81.9 Å². The van der Waals surface area contributed by atoms with Gasteiger partial charge in [0.1, 0.15) is 16.4 Å². The molecule has 0 aliphatic heterocycles. The molecule has 8 heteroatoms. The number of primary sulfonamides is 1. The number of rotatable bonds is 8. The molecule has 0 radical (unpaired) electrons. The largest absolute Gasteiger partial charge is 0.497 e. The van der Waals surface area contributed by atoms with E-state index in [-0.39, 0.29) is 5.69 Å². The van der Waals surface area contributed by atoms with Crippen LogP contribution in [0.4, 0.5) is 10.1 Å². The Morgan fingerprint density at radius 2 is 1.30 bits per heavy atom. The van der Waals surface area contributed by atoms with Gasteiger partial charge in [-0.3, -0.25) is 0 Å². The Bertz CT molecular complexity index is 1050. The van der Waals surface area contributed by atoms with Gasteiger partial charge in [0, 0.05) is 13.1 Å². The molecule has 2 N–H and O–H groups in total. The van der Waals surface area contributed by atoms with Crippen LogP contribution in [0.15, 0.2) is 71.6 Å². The molecule has 0 atom stereocenters. The Hall–Kier alpha value is -3.10. The third kappa shape index (κ3) is 5.08. The predicted octanol–water partition coefficient (Wildman–Crippen LogP) is 3.70. The van der Waals surface area contributed by atoms with Crippen molar-refractivity contribution < 1.29 is 22.3 Å². The number of hydrogen-bond acceptors (Lipinski definition) is 5. The number of ether oxygens (including phenoxy) is 2. The quantitative estimate of drug-likeness (QED) is 0.589. The molecule has 0 fully saturated rings. The van der Waals surface area contributed by atoms with Gasteiger partial charge >= 0.3 is 0 Å². The second-order valence-electron chi connectivity index (χ2n) is 6.69. The van der Waals surface area contributed by atoms with Crippen LogP contribution in [0.5, 0.6) is 11.5 Å². The number of halogens is 1. The summed E-state index contributed by atoms with van der Waals surface area (Å²) >= 11 is 0. The lowest BCUT2D eigenvalue weighted by molar-refractivity contribution is 0.414. The third-order valence-corrected chi connectivity index (χ3v) is 5.58. The predicted molar refractivity (Wildman–Crippen MR) is 114 cm³/mol. The summed E-state index contributed by atoms with van der Waals surface area (Å²) in [6.07, 6.45) is 0. The zero-order chi connectivity index (χ0) is 21.7. The maximum Gasteiger partial charge on any atom is 0.241 e. The molecule has 0 aromatic heterocycles. The van der Waals surface area contributed by atoms with Gasteiger partial charge < -0.3 is 14.4 Å². The number of methoxy groups -OCH3 is 2. The average molecular weight is 431 g/mol. The first kappa shape index (κ1) is 21.6. The monoisotopic (exact) mass is 430 g/mol. The molecular formula is C22H23FN2O4S. The van der Waals surface area contributed by atoms with Crippen LogP contribution in [-0.4, -0.2) is 22.6 Å². The fourth-order valence-corrected chi connectivity index (χ4v) is 3.71. The Morgan fingerprint density at radius 1 is 0.833 bits per heavy atom. The van der Waals surface area contributed by atoms with Crippen LogP contribution in [0.2, 0.25) is 0 Å². The van der Waals surface area contributed by atoms with Crippen LogP contribution in [0.3, 0.4) is 0 Å². The van der Waals surface area contributed by atoms with Crippen molar-refractivity contribution in [2.75, 3.05) is 19.1 Å². The number of hydrogen-bond donors (Lipinski definition) is 1. The molecule has 3 rings (SSSR count). The van der Waals surface area contributed by atoms with Crippen molar-refractivity contribution in [3.63, 3.8) is 0 Å². The lowest BCUT2D eigenvalue weighted by Crippen LogP contribution is -2.24. The highest BCUT2D eigenvalue weighted by molar-refractivity contribution is 7.89. The molecule has 0 aliphatic rings. The number of sulfonamides is 1. The van der Waals surface area contributed by atoms with E-state index in [0.717, 1.165) is 17.2 Å². The van der Waals surface area contributed by atoms with Crippen LogP contribution in [0, 0.1) is 5.82 Å². The molecule has 30 heavy (non-hydrogen) atoms. The van der Waals surface area contributed by atoms with Gasteiger partial charge in [0.05, 0.1) is 19.9 Å². The SMILES string of the molecule is COc1ccc(CN(Cc2ccc(OC)cc2)c2cccc(S(N)(=O)=O)c2F)cc1. The van der Waals surface area contributed by atoms with Crippen LogP contribution in [-0.2, 0) is 23.1 Å². The molecule has 3 aromatic rings. The summed E-state index contributed by atoms with van der Waals surface area (Å²) in [5.74, 6) is 0.549. The van der Waals surface area contributed by atoms with E-state index in [1.54, 1.807) is 19.1 Å². The van der Waals surface area contributed by atoms with E-state index in [2.05, 4.69) is 0 Å². The van der Waals surface area contributed by atoms with Gasteiger partial charge in [-0.05, 0) is 47.5 Å². The number of nitrogens with two attached hydrogens (primary N) is 1. The van der Waals surface area contributed by atoms with Crippen molar-refractivity contribution in [2.24, 2.45) is 5.14 Å². The summed E-state index contributed by atoms with van der Waals surface area (Å²) in [5, 5.41) is 5.18. The maximum absolute atomic E-state index is 15.1. The van der Waals surface area contributed by atoms with E-state index in [9.17, 15) is 8.42 Å². The first-order chi connectivity index (χ1) is 14.3. The van der Waals surface area contributed by atoms with Gasteiger partial charge in [-0.1, -0.05) is 30.3 Å². The first-order valence-electron chi connectivity index (χ1n) is 9.14. The highest BCUT2D eigenvalue weighted by Gasteiger charge is 2.21. The van der Waals surface area contributed by atoms with Crippen LogP contribution in [0.25, 0.3) is 0 Å². The van der Waals surface area contributed by atoms with Gasteiger partial charge in [-0.15, -0.1) is 0 Å². The average Bonchev–Trinajstić information content (AvgIpc) is 2.73. The minimum Gasteiger partial charge on any atom is -0.497 e. The van der Waals surface area contributed by atoms with E-state index < -0.39 is 20.7 Å². The van der Waals surface area contributed by atoms with Crippen molar-refractivity contribution in [1.82, 2.24) is 0 Å². The van der Waals surface area contributed by atoms with Gasteiger partial charge in [0.25, 0.3) is 0 Å². The van der Waals surface area contributed by atoms with E-state index >= 15 is 4.39 Å². The molecule has 158 valence electrons.